The van der Waals surface area contributed by atoms with Gasteiger partial charge in [0.05, 0.1) is 10.2 Å². The van der Waals surface area contributed by atoms with Gasteiger partial charge in [0.15, 0.2) is 0 Å². The summed E-state index contributed by atoms with van der Waals surface area (Å²) in [6.45, 7) is 4.97. The number of nitrogens with one attached hydrogen (secondary N) is 2. The molecule has 0 spiro atoms. The second-order valence-electron chi connectivity index (χ2n) is 6.10. The van der Waals surface area contributed by atoms with E-state index in [9.17, 15) is 0 Å². The van der Waals surface area contributed by atoms with E-state index in [1.54, 1.807) is 29.4 Å². The zero-order chi connectivity index (χ0) is 17.1. The first-order valence-electron chi connectivity index (χ1n) is 8.48. The molecule has 0 amide bonds. The van der Waals surface area contributed by atoms with Gasteiger partial charge in [0.1, 0.15) is 18.0 Å². The van der Waals surface area contributed by atoms with Crippen molar-refractivity contribution in [3.8, 4) is 0 Å². The van der Waals surface area contributed by atoms with E-state index in [0.717, 1.165) is 60.5 Å². The summed E-state index contributed by atoms with van der Waals surface area (Å²) in [4.78, 5) is 15.6. The highest BCUT2D eigenvalue weighted by Gasteiger charge is 2.21. The van der Waals surface area contributed by atoms with Crippen LogP contribution in [0.5, 0.6) is 0 Å². The van der Waals surface area contributed by atoms with Gasteiger partial charge in [-0.2, -0.15) is 0 Å². The van der Waals surface area contributed by atoms with Crippen LogP contribution in [0.4, 0.5) is 5.82 Å². The molecule has 25 heavy (non-hydrogen) atoms. The van der Waals surface area contributed by atoms with E-state index in [0.29, 0.717) is 6.04 Å². The topological polar surface area (TPSA) is 82.6 Å². The third-order valence-corrected chi connectivity index (χ3v) is 6.11. The molecule has 1 fully saturated rings. The Labute approximate surface area is 154 Å². The van der Waals surface area contributed by atoms with Crippen LogP contribution in [-0.2, 0) is 0 Å². The Bertz CT molecular complexity index is 823. The van der Waals surface area contributed by atoms with Crippen LogP contribution in [0.15, 0.2) is 22.9 Å². The van der Waals surface area contributed by atoms with Crippen LogP contribution < -0.4 is 10.2 Å². The van der Waals surface area contributed by atoms with Crippen LogP contribution in [-0.4, -0.2) is 56.6 Å². The van der Waals surface area contributed by atoms with Crippen LogP contribution in [0.1, 0.15) is 18.7 Å². The summed E-state index contributed by atoms with van der Waals surface area (Å²) in [5, 5.41) is 13.6. The van der Waals surface area contributed by atoms with Crippen LogP contribution in [0, 0.1) is 6.92 Å². The molecule has 0 bridgehead atoms. The van der Waals surface area contributed by atoms with Gasteiger partial charge < -0.3 is 10.2 Å². The van der Waals surface area contributed by atoms with Gasteiger partial charge >= 0.3 is 0 Å². The number of fused-ring (bicyclic) bond motifs is 1. The first kappa shape index (κ1) is 16.7. The molecule has 0 radical (unpaired) electrons. The summed E-state index contributed by atoms with van der Waals surface area (Å²) in [6.07, 6.45) is 3.96. The van der Waals surface area contributed by atoms with Gasteiger partial charge in [-0.1, -0.05) is 11.8 Å². The maximum atomic E-state index is 4.52. The molecule has 9 heteroatoms. The summed E-state index contributed by atoms with van der Waals surface area (Å²) in [6, 6.07) is 2.64. The van der Waals surface area contributed by atoms with E-state index < -0.39 is 0 Å². The van der Waals surface area contributed by atoms with Gasteiger partial charge in [-0.15, -0.1) is 16.4 Å². The first-order valence-corrected chi connectivity index (χ1v) is 10.3. The molecule has 4 heterocycles. The lowest BCUT2D eigenvalue weighted by atomic mass is 10.1. The summed E-state index contributed by atoms with van der Waals surface area (Å²) in [5.41, 5.74) is 1.05. The lowest BCUT2D eigenvalue weighted by Gasteiger charge is -2.33. The third kappa shape index (κ3) is 3.94. The number of thiophene rings is 1. The van der Waals surface area contributed by atoms with Gasteiger partial charge in [-0.3, -0.25) is 5.10 Å². The minimum Gasteiger partial charge on any atom is -0.355 e. The number of hydrogen-bond acceptors (Lipinski definition) is 8. The minimum atomic E-state index is 0.575. The number of anilines is 1. The Kier molecular flexibility index (Phi) is 5.14. The summed E-state index contributed by atoms with van der Waals surface area (Å²) in [5.74, 6) is 2.94. The normalized spacial score (nSPS) is 16.0. The van der Waals surface area contributed by atoms with E-state index in [-0.39, 0.29) is 0 Å². The van der Waals surface area contributed by atoms with Crippen molar-refractivity contribution in [1.82, 2.24) is 30.5 Å². The molecule has 132 valence electrons. The van der Waals surface area contributed by atoms with E-state index in [2.05, 4.69) is 46.8 Å². The minimum absolute atomic E-state index is 0.575. The Hall–Kier alpha value is -1.71. The highest BCUT2D eigenvalue weighted by molar-refractivity contribution is 7.99. The number of rotatable bonds is 6. The van der Waals surface area contributed by atoms with E-state index in [1.807, 2.05) is 6.92 Å². The maximum absolute atomic E-state index is 4.52. The number of aromatic amines is 1. The molecule has 3 aromatic rings. The molecule has 0 unspecified atom stereocenters. The summed E-state index contributed by atoms with van der Waals surface area (Å²) >= 11 is 3.41. The average Bonchev–Trinajstić information content (AvgIpc) is 3.28. The second-order valence-corrected chi connectivity index (χ2v) is 8.08. The van der Waals surface area contributed by atoms with Crippen molar-refractivity contribution < 1.29 is 0 Å². The van der Waals surface area contributed by atoms with Crippen molar-refractivity contribution in [2.24, 2.45) is 0 Å². The average molecular weight is 376 g/mol. The number of thioether (sulfide) groups is 1. The molecule has 1 aliphatic heterocycles. The number of hydrogen-bond donors (Lipinski definition) is 2. The molecule has 0 aromatic carbocycles. The molecule has 0 aliphatic carbocycles. The SMILES string of the molecule is Cc1nc(SCCNC2CCN(c3ncnc4ccsc34)CC2)n[nH]1. The highest BCUT2D eigenvalue weighted by Crippen LogP contribution is 2.29. The molecule has 0 saturated carbocycles. The van der Waals surface area contributed by atoms with Gasteiger partial charge in [0.25, 0.3) is 0 Å². The summed E-state index contributed by atoms with van der Waals surface area (Å²) in [7, 11) is 0. The van der Waals surface area contributed by atoms with Gasteiger partial charge in [-0.25, -0.2) is 15.0 Å². The van der Waals surface area contributed by atoms with E-state index in [1.165, 1.54) is 4.70 Å². The number of aromatic nitrogens is 5. The third-order valence-electron chi connectivity index (χ3n) is 4.36. The van der Waals surface area contributed by atoms with Crippen LogP contribution in [0.2, 0.25) is 0 Å². The van der Waals surface area contributed by atoms with Crippen molar-refractivity contribution in [2.75, 3.05) is 30.3 Å². The van der Waals surface area contributed by atoms with Crippen molar-refractivity contribution in [1.29, 1.82) is 0 Å². The van der Waals surface area contributed by atoms with Crippen LogP contribution >= 0.6 is 23.1 Å². The number of nitrogens with zero attached hydrogens (tertiary/aromatic N) is 5. The number of aryl methyl sites for hydroxylation is 1. The molecule has 2 N–H and O–H groups in total. The molecule has 1 aliphatic rings. The summed E-state index contributed by atoms with van der Waals surface area (Å²) < 4.78 is 1.20. The number of H-pyrrole nitrogens is 1. The molecular formula is C16H21N7S2. The van der Waals surface area contributed by atoms with Crippen molar-refractivity contribution >= 4 is 39.1 Å². The zero-order valence-electron chi connectivity index (χ0n) is 14.1. The van der Waals surface area contributed by atoms with E-state index in [4.69, 9.17) is 0 Å². The fourth-order valence-corrected chi connectivity index (χ4v) is 4.66. The fraction of sp³-hybridized carbons (Fsp3) is 0.500. The molecule has 4 rings (SSSR count). The van der Waals surface area contributed by atoms with Crippen LogP contribution in [0.25, 0.3) is 10.2 Å². The quantitative estimate of drug-likeness (QED) is 0.506. The number of piperidine rings is 1. The predicted molar refractivity (Wildman–Crippen MR) is 102 cm³/mol. The molecule has 0 atom stereocenters. The van der Waals surface area contributed by atoms with Crippen LogP contribution in [0.3, 0.4) is 0 Å². The highest BCUT2D eigenvalue weighted by atomic mass is 32.2. The Balaban J connectivity index is 1.24. The second kappa shape index (κ2) is 7.67. The monoisotopic (exact) mass is 375 g/mol. The first-order chi connectivity index (χ1) is 12.3. The molecular weight excluding hydrogens is 354 g/mol. The maximum Gasteiger partial charge on any atom is 0.208 e. The molecule has 1 saturated heterocycles. The fourth-order valence-electron chi connectivity index (χ4n) is 3.09. The lowest BCUT2D eigenvalue weighted by Crippen LogP contribution is -2.43. The van der Waals surface area contributed by atoms with Gasteiger partial charge in [0.2, 0.25) is 5.16 Å². The van der Waals surface area contributed by atoms with Crippen molar-refractivity contribution in [2.45, 2.75) is 31.0 Å². The largest absolute Gasteiger partial charge is 0.355 e. The van der Waals surface area contributed by atoms with Crippen molar-refractivity contribution in [3.05, 3.63) is 23.6 Å². The Morgan fingerprint density at radius 1 is 1.36 bits per heavy atom. The lowest BCUT2D eigenvalue weighted by molar-refractivity contribution is 0.424. The standard InChI is InChI=1S/C16H21N7S2/c1-11-20-16(22-21-11)25-9-5-17-12-2-6-23(7-3-12)15-14-13(4-8-24-14)18-10-19-15/h4,8,10,12,17H,2-3,5-7,9H2,1H3,(H,20,21,22). The van der Waals surface area contributed by atoms with Gasteiger partial charge in [-0.05, 0) is 31.2 Å². The Morgan fingerprint density at radius 2 is 2.24 bits per heavy atom. The van der Waals surface area contributed by atoms with E-state index >= 15 is 0 Å². The van der Waals surface area contributed by atoms with Crippen molar-refractivity contribution in [3.63, 3.8) is 0 Å². The predicted octanol–water partition coefficient (Wildman–Crippen LogP) is 2.47. The zero-order valence-corrected chi connectivity index (χ0v) is 15.7. The van der Waals surface area contributed by atoms with Gasteiger partial charge in [0, 0.05) is 31.4 Å². The molecule has 7 nitrogen and oxygen atoms in total. The molecule has 3 aromatic heterocycles. The smallest absolute Gasteiger partial charge is 0.208 e. The Morgan fingerprint density at radius 3 is 3.04 bits per heavy atom.